The normalized spacial score (nSPS) is 15.0. The van der Waals surface area contributed by atoms with Crippen LogP contribution in [0.4, 0.5) is 18.9 Å². The van der Waals surface area contributed by atoms with Gasteiger partial charge < -0.3 is 14.5 Å². The van der Waals surface area contributed by atoms with Crippen LogP contribution in [0.1, 0.15) is 5.56 Å². The van der Waals surface area contributed by atoms with Gasteiger partial charge >= 0.3 is 6.18 Å². The lowest BCUT2D eigenvalue weighted by Gasteiger charge is -2.36. The molecule has 0 bridgehead atoms. The third kappa shape index (κ3) is 4.86. The Morgan fingerprint density at radius 2 is 1.74 bits per heavy atom. The first kappa shape index (κ1) is 19.4. The summed E-state index contributed by atoms with van der Waals surface area (Å²) in [6.07, 6.45) is -4.37. The van der Waals surface area contributed by atoms with Crippen LogP contribution in [0.15, 0.2) is 48.5 Å². The van der Waals surface area contributed by atoms with E-state index in [1.165, 1.54) is 6.07 Å². The summed E-state index contributed by atoms with van der Waals surface area (Å²) < 4.78 is 44.0. The summed E-state index contributed by atoms with van der Waals surface area (Å²) in [5, 5.41) is 0.430. The van der Waals surface area contributed by atoms with Gasteiger partial charge in [0.25, 0.3) is 5.91 Å². The number of carbonyl (C=O) groups excluding carboxylic acids is 1. The molecule has 0 atom stereocenters. The number of piperazine rings is 1. The van der Waals surface area contributed by atoms with Gasteiger partial charge in [0.1, 0.15) is 5.75 Å². The highest BCUT2D eigenvalue weighted by Crippen LogP contribution is 2.32. The maximum Gasteiger partial charge on any atom is 0.416 e. The monoisotopic (exact) mass is 398 g/mol. The van der Waals surface area contributed by atoms with Crippen molar-refractivity contribution in [2.24, 2.45) is 0 Å². The maximum atomic E-state index is 12.9. The van der Waals surface area contributed by atoms with Gasteiger partial charge in [-0.25, -0.2) is 0 Å². The molecule has 2 aromatic rings. The van der Waals surface area contributed by atoms with Crippen LogP contribution >= 0.6 is 11.6 Å². The van der Waals surface area contributed by atoms with Gasteiger partial charge in [0.15, 0.2) is 6.61 Å². The van der Waals surface area contributed by atoms with Gasteiger partial charge in [-0.3, -0.25) is 4.79 Å². The van der Waals surface area contributed by atoms with E-state index in [-0.39, 0.29) is 12.5 Å². The average molecular weight is 399 g/mol. The lowest BCUT2D eigenvalue weighted by atomic mass is 10.1. The highest BCUT2D eigenvalue weighted by molar-refractivity contribution is 6.32. The molecule has 4 nitrogen and oxygen atoms in total. The molecule has 3 rings (SSSR count). The molecule has 2 aromatic carbocycles. The van der Waals surface area contributed by atoms with E-state index in [1.54, 1.807) is 35.2 Å². The fourth-order valence-corrected chi connectivity index (χ4v) is 3.08. The van der Waals surface area contributed by atoms with E-state index in [2.05, 4.69) is 0 Å². The second kappa shape index (κ2) is 8.08. The zero-order valence-corrected chi connectivity index (χ0v) is 15.1. The van der Waals surface area contributed by atoms with Gasteiger partial charge in [0.2, 0.25) is 0 Å². The number of alkyl halides is 3. The molecule has 1 amide bonds. The molecule has 0 saturated carbocycles. The second-order valence-electron chi connectivity index (χ2n) is 6.14. The number of benzene rings is 2. The van der Waals surface area contributed by atoms with Crippen LogP contribution in [0, 0.1) is 0 Å². The number of nitrogens with zero attached hydrogens (tertiary/aromatic N) is 2. The minimum atomic E-state index is -4.37. The summed E-state index contributed by atoms with van der Waals surface area (Å²) in [4.78, 5) is 15.8. The molecule has 0 spiro atoms. The van der Waals surface area contributed by atoms with E-state index in [0.717, 1.165) is 12.1 Å². The van der Waals surface area contributed by atoms with Crippen LogP contribution in [0.5, 0.6) is 5.75 Å². The number of amides is 1. The fourth-order valence-electron chi connectivity index (χ4n) is 2.89. The van der Waals surface area contributed by atoms with Gasteiger partial charge in [-0.1, -0.05) is 29.8 Å². The van der Waals surface area contributed by atoms with Crippen molar-refractivity contribution in [2.75, 3.05) is 37.7 Å². The van der Waals surface area contributed by atoms with E-state index >= 15 is 0 Å². The summed E-state index contributed by atoms with van der Waals surface area (Å²) >= 11 is 5.99. The summed E-state index contributed by atoms with van der Waals surface area (Å²) in [5.74, 6) is 0.258. The molecule has 0 N–H and O–H groups in total. The Hall–Kier alpha value is -2.41. The summed E-state index contributed by atoms with van der Waals surface area (Å²) in [6.45, 7) is 1.62. The van der Waals surface area contributed by atoms with E-state index in [0.29, 0.717) is 42.6 Å². The predicted molar refractivity (Wildman–Crippen MR) is 97.2 cm³/mol. The fraction of sp³-hybridized carbons (Fsp3) is 0.316. The smallest absolute Gasteiger partial charge is 0.416 e. The van der Waals surface area contributed by atoms with Crippen molar-refractivity contribution in [2.45, 2.75) is 6.18 Å². The molecule has 1 heterocycles. The van der Waals surface area contributed by atoms with Crippen molar-refractivity contribution in [3.63, 3.8) is 0 Å². The first-order valence-corrected chi connectivity index (χ1v) is 8.80. The molecule has 0 aromatic heterocycles. The molecule has 1 aliphatic rings. The van der Waals surface area contributed by atoms with Crippen molar-refractivity contribution >= 4 is 23.2 Å². The first-order valence-electron chi connectivity index (χ1n) is 8.42. The molecular formula is C19H18ClF3N2O2. The molecule has 0 radical (unpaired) electrons. The standard InChI is InChI=1S/C19H18ClF3N2O2/c20-16-6-1-2-7-17(16)27-13-18(26)25-10-8-24(9-11-25)15-5-3-4-14(12-15)19(21,22)23/h1-7,12H,8-11,13H2. The SMILES string of the molecule is O=C(COc1ccccc1Cl)N1CCN(c2cccc(C(F)(F)F)c2)CC1. The Labute approximate surface area is 160 Å². The summed E-state index contributed by atoms with van der Waals surface area (Å²) in [6, 6.07) is 12.1. The zero-order chi connectivity index (χ0) is 19.4. The van der Waals surface area contributed by atoms with Crippen LogP contribution in [0.2, 0.25) is 5.02 Å². The number of halogens is 4. The molecule has 1 saturated heterocycles. The first-order chi connectivity index (χ1) is 12.8. The molecule has 27 heavy (non-hydrogen) atoms. The van der Waals surface area contributed by atoms with Crippen molar-refractivity contribution in [3.05, 3.63) is 59.1 Å². The van der Waals surface area contributed by atoms with E-state index in [4.69, 9.17) is 16.3 Å². The van der Waals surface area contributed by atoms with Gasteiger partial charge in [0, 0.05) is 31.9 Å². The molecule has 1 aliphatic heterocycles. The molecular weight excluding hydrogens is 381 g/mol. The Kier molecular flexibility index (Phi) is 5.79. The molecule has 0 aliphatic carbocycles. The van der Waals surface area contributed by atoms with E-state index in [1.807, 2.05) is 4.90 Å². The Balaban J connectivity index is 1.54. The van der Waals surface area contributed by atoms with E-state index in [9.17, 15) is 18.0 Å². The number of ether oxygens (including phenoxy) is 1. The Morgan fingerprint density at radius 3 is 2.41 bits per heavy atom. The molecule has 144 valence electrons. The number of anilines is 1. The van der Waals surface area contributed by atoms with Crippen LogP contribution in [-0.2, 0) is 11.0 Å². The minimum absolute atomic E-state index is 0.132. The molecule has 1 fully saturated rings. The lowest BCUT2D eigenvalue weighted by molar-refractivity contribution is -0.137. The quantitative estimate of drug-likeness (QED) is 0.777. The van der Waals surface area contributed by atoms with Crippen LogP contribution in [-0.4, -0.2) is 43.6 Å². The van der Waals surface area contributed by atoms with Crippen LogP contribution in [0.25, 0.3) is 0 Å². The summed E-state index contributed by atoms with van der Waals surface area (Å²) in [7, 11) is 0. The topological polar surface area (TPSA) is 32.8 Å². The zero-order valence-electron chi connectivity index (χ0n) is 14.4. The third-order valence-corrected chi connectivity index (χ3v) is 4.67. The number of para-hydroxylation sites is 1. The Bertz CT molecular complexity index is 806. The highest BCUT2D eigenvalue weighted by atomic mass is 35.5. The predicted octanol–water partition coefficient (Wildman–Crippen LogP) is 4.09. The van der Waals surface area contributed by atoms with Crippen molar-refractivity contribution in [3.8, 4) is 5.75 Å². The van der Waals surface area contributed by atoms with Gasteiger partial charge in [0.05, 0.1) is 10.6 Å². The third-order valence-electron chi connectivity index (χ3n) is 4.36. The summed E-state index contributed by atoms with van der Waals surface area (Å²) in [5.41, 5.74) is -0.170. The lowest BCUT2D eigenvalue weighted by Crippen LogP contribution is -2.50. The highest BCUT2D eigenvalue weighted by Gasteiger charge is 2.31. The van der Waals surface area contributed by atoms with Crippen molar-refractivity contribution in [1.82, 2.24) is 4.90 Å². The average Bonchev–Trinajstić information content (AvgIpc) is 2.67. The minimum Gasteiger partial charge on any atom is -0.482 e. The number of hydrogen-bond donors (Lipinski definition) is 0. The molecule has 0 unspecified atom stereocenters. The van der Waals surface area contributed by atoms with Crippen LogP contribution in [0.3, 0.4) is 0 Å². The van der Waals surface area contributed by atoms with Crippen molar-refractivity contribution < 1.29 is 22.7 Å². The number of carbonyl (C=O) groups is 1. The van der Waals surface area contributed by atoms with Gasteiger partial charge in [-0.2, -0.15) is 13.2 Å². The van der Waals surface area contributed by atoms with Crippen molar-refractivity contribution in [1.29, 1.82) is 0 Å². The number of rotatable bonds is 4. The van der Waals surface area contributed by atoms with Gasteiger partial charge in [-0.05, 0) is 30.3 Å². The van der Waals surface area contributed by atoms with Crippen LogP contribution < -0.4 is 9.64 Å². The maximum absolute atomic E-state index is 12.9. The van der Waals surface area contributed by atoms with E-state index < -0.39 is 11.7 Å². The second-order valence-corrected chi connectivity index (χ2v) is 6.54. The van der Waals surface area contributed by atoms with Gasteiger partial charge in [-0.15, -0.1) is 0 Å². The molecule has 8 heteroatoms. The Morgan fingerprint density at radius 1 is 1.04 bits per heavy atom. The number of hydrogen-bond acceptors (Lipinski definition) is 3. The largest absolute Gasteiger partial charge is 0.482 e.